The zero-order valence-electron chi connectivity index (χ0n) is 28.4. The van der Waals surface area contributed by atoms with Gasteiger partial charge in [0, 0.05) is 23.3 Å². The molecule has 0 fully saturated rings. The van der Waals surface area contributed by atoms with Gasteiger partial charge in [-0.25, -0.2) is 0 Å². The van der Waals surface area contributed by atoms with Gasteiger partial charge in [-0.3, -0.25) is 0 Å². The van der Waals surface area contributed by atoms with Crippen LogP contribution in [0.1, 0.15) is 124 Å². The molecule has 0 saturated carbocycles. The van der Waals surface area contributed by atoms with E-state index in [-0.39, 0.29) is 11.8 Å². The van der Waals surface area contributed by atoms with Crippen molar-refractivity contribution in [1.29, 1.82) is 0 Å². The topological polar surface area (TPSA) is 40.5 Å². The fraction of sp³-hybridized carbons (Fsp3) is 0.429. The molecule has 3 heteroatoms. The number of phenolic OH excluding ortho intramolecular Hbond substituents is 2. The van der Waals surface area contributed by atoms with Crippen LogP contribution < -0.4 is 0 Å². The molecule has 0 aromatic heterocycles. The average Bonchev–Trinajstić information content (AvgIpc) is 3.01. The van der Waals surface area contributed by atoms with Crippen LogP contribution in [0.4, 0.5) is 0 Å². The van der Waals surface area contributed by atoms with E-state index in [1.54, 1.807) is 0 Å². The van der Waals surface area contributed by atoms with Crippen LogP contribution in [0.3, 0.4) is 0 Å². The number of rotatable bonds is 16. The zero-order valence-corrected chi connectivity index (χ0v) is 29.2. The first-order valence-corrected chi connectivity index (χ1v) is 18.0. The van der Waals surface area contributed by atoms with Crippen molar-refractivity contribution in [3.8, 4) is 11.5 Å². The molecule has 0 bridgehead atoms. The van der Waals surface area contributed by atoms with Gasteiger partial charge in [-0.2, -0.15) is 11.8 Å². The van der Waals surface area contributed by atoms with E-state index in [0.29, 0.717) is 22.0 Å². The summed E-state index contributed by atoms with van der Waals surface area (Å²) in [6.45, 7) is 13.3. The summed E-state index contributed by atoms with van der Waals surface area (Å²) in [6.07, 6.45) is 8.15. The molecule has 240 valence electrons. The fourth-order valence-electron chi connectivity index (χ4n) is 6.47. The summed E-state index contributed by atoms with van der Waals surface area (Å²) < 4.78 is 0. The Morgan fingerprint density at radius 1 is 0.533 bits per heavy atom. The average molecular weight is 623 g/mol. The summed E-state index contributed by atoms with van der Waals surface area (Å²) in [5, 5.41) is 23.5. The standard InChI is InChI=1S/C42H54O2S/c1-7-15-37(25-33-23-35(21-31-17-11-9-12-18-31)41(43)39(27-33)29(3)4)45-38(16-8-2)26-34-24-36(22-32-19-13-10-14-20-32)42(44)40(28-34)30(5)6/h9-14,17-20,23-24,27-30,37-38,43-44H,7-8,15-16,21-22,25-26H2,1-6H3. The van der Waals surface area contributed by atoms with E-state index in [9.17, 15) is 10.2 Å². The first kappa shape index (κ1) is 34.7. The van der Waals surface area contributed by atoms with Gasteiger partial charge >= 0.3 is 0 Å². The second kappa shape index (κ2) is 16.9. The predicted octanol–water partition coefficient (Wildman–Crippen LogP) is 11.4. The zero-order chi connectivity index (χ0) is 32.3. The minimum Gasteiger partial charge on any atom is -0.507 e. The van der Waals surface area contributed by atoms with Gasteiger partial charge < -0.3 is 10.2 Å². The molecule has 0 aliphatic carbocycles. The van der Waals surface area contributed by atoms with Crippen molar-refractivity contribution in [3.05, 3.63) is 129 Å². The number of hydrogen-bond donors (Lipinski definition) is 2. The van der Waals surface area contributed by atoms with Gasteiger partial charge in [0.15, 0.2) is 0 Å². The third-order valence-electron chi connectivity index (χ3n) is 8.81. The maximum Gasteiger partial charge on any atom is 0.122 e. The van der Waals surface area contributed by atoms with Gasteiger partial charge in [-0.05, 0) is 82.0 Å². The van der Waals surface area contributed by atoms with Crippen LogP contribution in [0.25, 0.3) is 0 Å². The minimum absolute atomic E-state index is 0.263. The highest BCUT2D eigenvalue weighted by Gasteiger charge is 2.22. The molecule has 0 saturated heterocycles. The summed E-state index contributed by atoms with van der Waals surface area (Å²) in [5.41, 5.74) is 9.29. The van der Waals surface area contributed by atoms with Crippen LogP contribution in [0.15, 0.2) is 84.9 Å². The molecule has 2 N–H and O–H groups in total. The Labute approximate surface area is 277 Å². The third-order valence-corrected chi connectivity index (χ3v) is 10.4. The molecule has 4 rings (SSSR count). The molecular formula is C42H54O2S. The molecule has 2 unspecified atom stereocenters. The number of hydrogen-bond acceptors (Lipinski definition) is 3. The molecule has 2 nitrogen and oxygen atoms in total. The molecule has 0 aliphatic rings. The van der Waals surface area contributed by atoms with Crippen LogP contribution in [-0.4, -0.2) is 20.7 Å². The van der Waals surface area contributed by atoms with E-state index in [4.69, 9.17) is 0 Å². The monoisotopic (exact) mass is 622 g/mol. The molecule has 4 aromatic rings. The first-order chi connectivity index (χ1) is 21.7. The van der Waals surface area contributed by atoms with Crippen LogP contribution in [0, 0.1) is 0 Å². The van der Waals surface area contributed by atoms with Crippen LogP contribution in [-0.2, 0) is 25.7 Å². The third kappa shape index (κ3) is 9.91. The molecular weight excluding hydrogens is 569 g/mol. The Morgan fingerprint density at radius 2 is 0.911 bits per heavy atom. The van der Waals surface area contributed by atoms with Gasteiger partial charge in [0.25, 0.3) is 0 Å². The molecule has 45 heavy (non-hydrogen) atoms. The van der Waals surface area contributed by atoms with Crippen molar-refractivity contribution < 1.29 is 10.2 Å². The highest BCUT2D eigenvalue weighted by molar-refractivity contribution is 8.00. The molecule has 0 amide bonds. The molecule has 0 aliphatic heterocycles. The number of phenols is 2. The summed E-state index contributed by atoms with van der Waals surface area (Å²) in [5.74, 6) is 1.44. The molecule has 0 spiro atoms. The van der Waals surface area contributed by atoms with Crippen molar-refractivity contribution in [2.45, 2.75) is 115 Å². The van der Waals surface area contributed by atoms with Gasteiger partial charge in [0.2, 0.25) is 0 Å². The van der Waals surface area contributed by atoms with Crippen molar-refractivity contribution in [3.63, 3.8) is 0 Å². The highest BCUT2D eigenvalue weighted by Crippen LogP contribution is 2.37. The number of thioether (sulfide) groups is 1. The van der Waals surface area contributed by atoms with E-state index >= 15 is 0 Å². The highest BCUT2D eigenvalue weighted by atomic mass is 32.2. The van der Waals surface area contributed by atoms with E-state index in [0.717, 1.165) is 60.8 Å². The summed E-state index contributed by atoms with van der Waals surface area (Å²) in [7, 11) is 0. The van der Waals surface area contributed by atoms with E-state index < -0.39 is 0 Å². The van der Waals surface area contributed by atoms with Crippen LogP contribution in [0.2, 0.25) is 0 Å². The Bertz CT molecular complexity index is 1360. The Morgan fingerprint density at radius 3 is 1.24 bits per heavy atom. The molecule has 0 heterocycles. The van der Waals surface area contributed by atoms with Gasteiger partial charge in [-0.1, -0.05) is 139 Å². The quantitative estimate of drug-likeness (QED) is 0.131. The van der Waals surface area contributed by atoms with Crippen LogP contribution >= 0.6 is 11.8 Å². The van der Waals surface area contributed by atoms with Crippen molar-refractivity contribution in [2.24, 2.45) is 0 Å². The summed E-state index contributed by atoms with van der Waals surface area (Å²) in [4.78, 5) is 0. The molecule has 0 radical (unpaired) electrons. The number of aromatic hydroxyl groups is 2. The molecule has 4 aromatic carbocycles. The Hall–Kier alpha value is -3.17. The van der Waals surface area contributed by atoms with Gasteiger partial charge in [-0.15, -0.1) is 0 Å². The summed E-state index contributed by atoms with van der Waals surface area (Å²) >= 11 is 2.16. The number of benzene rings is 4. The maximum atomic E-state index is 11.2. The van der Waals surface area contributed by atoms with Crippen molar-refractivity contribution in [2.75, 3.05) is 0 Å². The minimum atomic E-state index is 0.263. The lowest BCUT2D eigenvalue weighted by Crippen LogP contribution is -2.17. The normalized spacial score (nSPS) is 13.0. The van der Waals surface area contributed by atoms with Crippen molar-refractivity contribution in [1.82, 2.24) is 0 Å². The predicted molar refractivity (Wildman–Crippen MR) is 195 cm³/mol. The second-order valence-corrected chi connectivity index (χ2v) is 15.0. The van der Waals surface area contributed by atoms with E-state index in [2.05, 4.69) is 126 Å². The first-order valence-electron chi connectivity index (χ1n) is 17.1. The van der Waals surface area contributed by atoms with E-state index in [1.165, 1.54) is 35.1 Å². The Balaban J connectivity index is 1.59. The van der Waals surface area contributed by atoms with Gasteiger partial charge in [0.05, 0.1) is 0 Å². The van der Waals surface area contributed by atoms with Gasteiger partial charge in [0.1, 0.15) is 11.5 Å². The second-order valence-electron chi connectivity index (χ2n) is 13.4. The smallest absolute Gasteiger partial charge is 0.122 e. The lowest BCUT2D eigenvalue weighted by Gasteiger charge is -2.25. The lowest BCUT2D eigenvalue weighted by atomic mass is 9.91. The van der Waals surface area contributed by atoms with E-state index in [1.807, 2.05) is 12.1 Å². The SMILES string of the molecule is CCCC(Cc1cc(Cc2ccccc2)c(O)c(C(C)C)c1)SC(CCC)Cc1cc(Cc2ccccc2)c(O)c(C(C)C)c1. The fourth-order valence-corrected chi connectivity index (χ4v) is 8.34. The molecule has 2 atom stereocenters. The summed E-state index contributed by atoms with van der Waals surface area (Å²) in [6, 6.07) is 30.0. The lowest BCUT2D eigenvalue weighted by molar-refractivity contribution is 0.458. The largest absolute Gasteiger partial charge is 0.507 e. The Kier molecular flexibility index (Phi) is 13.1. The maximum absolute atomic E-state index is 11.2. The van der Waals surface area contributed by atoms with Crippen molar-refractivity contribution >= 4 is 11.8 Å². The van der Waals surface area contributed by atoms with Crippen LogP contribution in [0.5, 0.6) is 11.5 Å².